The first-order valence-electron chi connectivity index (χ1n) is 9.00. The molecular formula is C21H21N3O3. The number of carbonyl (C=O) groups is 3. The molecule has 0 radical (unpaired) electrons. The number of carbonyl (C=O) groups excluding carboxylic acids is 3. The molecule has 2 aliphatic rings. The highest BCUT2D eigenvalue weighted by Crippen LogP contribution is 2.34. The highest BCUT2D eigenvalue weighted by atomic mass is 16.2. The molecule has 27 heavy (non-hydrogen) atoms. The van der Waals surface area contributed by atoms with E-state index in [1.54, 1.807) is 29.2 Å². The molecule has 0 spiro atoms. The van der Waals surface area contributed by atoms with E-state index in [1.807, 2.05) is 38.1 Å². The van der Waals surface area contributed by atoms with Crippen molar-refractivity contribution >= 4 is 29.1 Å². The van der Waals surface area contributed by atoms with Crippen molar-refractivity contribution < 1.29 is 14.4 Å². The van der Waals surface area contributed by atoms with E-state index in [0.717, 1.165) is 11.4 Å². The molecule has 4 rings (SSSR count). The monoisotopic (exact) mass is 363 g/mol. The minimum Gasteiger partial charge on any atom is -0.377 e. The number of nitrogens with one attached hydrogen (secondary N) is 1. The molecule has 2 aliphatic heterocycles. The summed E-state index contributed by atoms with van der Waals surface area (Å²) < 4.78 is 0. The predicted octanol–water partition coefficient (Wildman–Crippen LogP) is 2.91. The summed E-state index contributed by atoms with van der Waals surface area (Å²) in [4.78, 5) is 40.8. The van der Waals surface area contributed by atoms with Gasteiger partial charge in [0, 0.05) is 25.0 Å². The standard InChI is InChI=1S/C21H21N3O3/c1-21(2)13-24(17-10-6-5-9-16(17)22-21)18(25)11-12-23-19(26)14-7-3-4-8-15(14)20(23)27/h3-10,22H,11-13H2,1-2H3. The average Bonchev–Trinajstić information content (AvgIpc) is 2.89. The first-order chi connectivity index (χ1) is 12.9. The molecule has 0 unspecified atom stereocenters. The zero-order valence-corrected chi connectivity index (χ0v) is 15.4. The smallest absolute Gasteiger partial charge is 0.261 e. The zero-order valence-electron chi connectivity index (χ0n) is 15.4. The van der Waals surface area contributed by atoms with Crippen molar-refractivity contribution in [2.24, 2.45) is 0 Å². The van der Waals surface area contributed by atoms with E-state index in [1.165, 1.54) is 4.90 Å². The minimum atomic E-state index is -0.329. The molecule has 0 bridgehead atoms. The Morgan fingerprint density at radius 1 is 1.00 bits per heavy atom. The van der Waals surface area contributed by atoms with E-state index in [-0.39, 0.29) is 36.2 Å². The fourth-order valence-corrected chi connectivity index (χ4v) is 3.71. The van der Waals surface area contributed by atoms with Gasteiger partial charge in [0.25, 0.3) is 11.8 Å². The Kier molecular flexibility index (Phi) is 3.98. The second kappa shape index (κ2) is 6.23. The summed E-state index contributed by atoms with van der Waals surface area (Å²) in [6.45, 7) is 4.67. The quantitative estimate of drug-likeness (QED) is 0.852. The van der Waals surface area contributed by atoms with Crippen LogP contribution in [0, 0.1) is 0 Å². The molecule has 0 atom stereocenters. The average molecular weight is 363 g/mol. The van der Waals surface area contributed by atoms with E-state index < -0.39 is 0 Å². The third-order valence-corrected chi connectivity index (χ3v) is 4.95. The number of benzene rings is 2. The van der Waals surface area contributed by atoms with Crippen LogP contribution in [0.15, 0.2) is 48.5 Å². The van der Waals surface area contributed by atoms with Gasteiger partial charge in [0.05, 0.1) is 22.5 Å². The van der Waals surface area contributed by atoms with E-state index >= 15 is 0 Å². The number of amides is 3. The molecule has 0 aliphatic carbocycles. The van der Waals surface area contributed by atoms with Gasteiger partial charge in [-0.15, -0.1) is 0 Å². The SMILES string of the molecule is CC1(C)CN(C(=O)CCN2C(=O)c3ccccc3C2=O)c2ccccc2N1. The van der Waals surface area contributed by atoms with Crippen molar-refractivity contribution in [3.05, 3.63) is 59.7 Å². The lowest BCUT2D eigenvalue weighted by Gasteiger charge is -2.41. The van der Waals surface area contributed by atoms with Gasteiger partial charge in [0.2, 0.25) is 5.91 Å². The molecular weight excluding hydrogens is 342 g/mol. The van der Waals surface area contributed by atoms with Crippen LogP contribution < -0.4 is 10.2 Å². The third kappa shape index (κ3) is 2.97. The Morgan fingerprint density at radius 3 is 2.26 bits per heavy atom. The highest BCUT2D eigenvalue weighted by Gasteiger charge is 2.37. The first-order valence-corrected chi connectivity index (χ1v) is 9.00. The van der Waals surface area contributed by atoms with Crippen LogP contribution in [-0.2, 0) is 4.79 Å². The number of anilines is 2. The summed E-state index contributed by atoms with van der Waals surface area (Å²) in [6, 6.07) is 14.4. The molecule has 6 nitrogen and oxygen atoms in total. The van der Waals surface area contributed by atoms with Crippen molar-refractivity contribution in [2.45, 2.75) is 25.8 Å². The van der Waals surface area contributed by atoms with Gasteiger partial charge < -0.3 is 10.2 Å². The second-order valence-electron chi connectivity index (χ2n) is 7.56. The number of para-hydroxylation sites is 2. The predicted molar refractivity (Wildman–Crippen MR) is 103 cm³/mol. The van der Waals surface area contributed by atoms with Crippen LogP contribution in [0.4, 0.5) is 11.4 Å². The van der Waals surface area contributed by atoms with Gasteiger partial charge in [-0.1, -0.05) is 24.3 Å². The number of hydrogen-bond donors (Lipinski definition) is 1. The topological polar surface area (TPSA) is 69.7 Å². The van der Waals surface area contributed by atoms with Crippen LogP contribution in [0.2, 0.25) is 0 Å². The number of nitrogens with zero attached hydrogens (tertiary/aromatic N) is 2. The Labute approximate surface area is 157 Å². The summed E-state index contributed by atoms with van der Waals surface area (Å²) in [5.74, 6) is -0.762. The van der Waals surface area contributed by atoms with Gasteiger partial charge in [-0.05, 0) is 38.1 Å². The number of rotatable bonds is 3. The summed E-state index contributed by atoms with van der Waals surface area (Å²) in [5.41, 5.74) is 2.28. The molecule has 2 heterocycles. The van der Waals surface area contributed by atoms with Crippen molar-refractivity contribution in [3.8, 4) is 0 Å². The maximum Gasteiger partial charge on any atom is 0.261 e. The summed E-state index contributed by atoms with van der Waals surface area (Å²) in [7, 11) is 0. The molecule has 0 fully saturated rings. The maximum atomic E-state index is 12.9. The first kappa shape index (κ1) is 17.3. The number of imide groups is 1. The van der Waals surface area contributed by atoms with E-state index in [0.29, 0.717) is 17.7 Å². The molecule has 0 saturated carbocycles. The fraction of sp³-hybridized carbons (Fsp3) is 0.286. The Morgan fingerprint density at radius 2 is 1.59 bits per heavy atom. The van der Waals surface area contributed by atoms with Crippen LogP contribution in [0.3, 0.4) is 0 Å². The van der Waals surface area contributed by atoms with Gasteiger partial charge >= 0.3 is 0 Å². The van der Waals surface area contributed by atoms with Crippen LogP contribution >= 0.6 is 0 Å². The lowest BCUT2D eigenvalue weighted by atomic mass is 9.99. The van der Waals surface area contributed by atoms with Crippen LogP contribution in [0.5, 0.6) is 0 Å². The van der Waals surface area contributed by atoms with Gasteiger partial charge in [0.15, 0.2) is 0 Å². The van der Waals surface area contributed by atoms with E-state index in [9.17, 15) is 14.4 Å². The lowest BCUT2D eigenvalue weighted by Crippen LogP contribution is -2.51. The fourth-order valence-electron chi connectivity index (χ4n) is 3.71. The van der Waals surface area contributed by atoms with E-state index in [2.05, 4.69) is 5.32 Å². The van der Waals surface area contributed by atoms with Gasteiger partial charge in [-0.3, -0.25) is 19.3 Å². The summed E-state index contributed by atoms with van der Waals surface area (Å²) in [6.07, 6.45) is 0.0931. The number of fused-ring (bicyclic) bond motifs is 2. The lowest BCUT2D eigenvalue weighted by molar-refractivity contribution is -0.118. The third-order valence-electron chi connectivity index (χ3n) is 4.95. The number of hydrogen-bond acceptors (Lipinski definition) is 4. The van der Waals surface area contributed by atoms with E-state index in [4.69, 9.17) is 0 Å². The molecule has 2 aromatic carbocycles. The Balaban J connectivity index is 1.51. The van der Waals surface area contributed by atoms with Crippen LogP contribution in [0.25, 0.3) is 0 Å². The van der Waals surface area contributed by atoms with Crippen molar-refractivity contribution in [1.29, 1.82) is 0 Å². The molecule has 3 amide bonds. The molecule has 6 heteroatoms. The second-order valence-corrected chi connectivity index (χ2v) is 7.56. The van der Waals surface area contributed by atoms with Crippen LogP contribution in [0.1, 0.15) is 41.0 Å². The molecule has 1 N–H and O–H groups in total. The Bertz CT molecular complexity index is 916. The summed E-state index contributed by atoms with van der Waals surface area (Å²) in [5, 5.41) is 3.43. The van der Waals surface area contributed by atoms with Gasteiger partial charge in [-0.2, -0.15) is 0 Å². The molecule has 0 saturated heterocycles. The minimum absolute atomic E-state index is 0.0811. The highest BCUT2D eigenvalue weighted by molar-refractivity contribution is 6.21. The maximum absolute atomic E-state index is 12.9. The summed E-state index contributed by atoms with van der Waals surface area (Å²) >= 11 is 0. The van der Waals surface area contributed by atoms with Gasteiger partial charge in [0.1, 0.15) is 0 Å². The van der Waals surface area contributed by atoms with Gasteiger partial charge in [-0.25, -0.2) is 0 Å². The largest absolute Gasteiger partial charge is 0.377 e. The van der Waals surface area contributed by atoms with Crippen molar-refractivity contribution in [3.63, 3.8) is 0 Å². The Hall–Kier alpha value is -3.15. The van der Waals surface area contributed by atoms with Crippen molar-refractivity contribution in [2.75, 3.05) is 23.3 Å². The van der Waals surface area contributed by atoms with Crippen LogP contribution in [-0.4, -0.2) is 41.2 Å². The molecule has 138 valence electrons. The zero-order chi connectivity index (χ0) is 19.2. The normalized spacial score (nSPS) is 17.4. The molecule has 0 aromatic heterocycles. The van der Waals surface area contributed by atoms with Crippen molar-refractivity contribution in [1.82, 2.24) is 4.90 Å². The molecule has 2 aromatic rings.